The Morgan fingerprint density at radius 2 is 1.44 bits per heavy atom. The number of nitrogens with zero attached hydrogens (tertiary/aromatic N) is 4. The third-order valence-electron chi connectivity index (χ3n) is 5.91. The lowest BCUT2D eigenvalue weighted by Gasteiger charge is -2.33. The fourth-order valence-corrected chi connectivity index (χ4v) is 4.26. The molecule has 0 bridgehead atoms. The maximum Gasteiger partial charge on any atom is 0.425 e. The summed E-state index contributed by atoms with van der Waals surface area (Å²) in [5.41, 5.74) is -0.858. The van der Waals surface area contributed by atoms with Crippen LogP contribution in [0.3, 0.4) is 0 Å². The quantitative estimate of drug-likeness (QED) is 0.541. The van der Waals surface area contributed by atoms with Gasteiger partial charge in [-0.2, -0.15) is 14.9 Å². The van der Waals surface area contributed by atoms with Crippen molar-refractivity contribution in [3.8, 4) is 6.01 Å². The standard InChI is InChI=1S/C29H39N5O7/c1-17(35)32-29(8,9)18-11-13-19(14-12-18)33-16-15-20-21(23(33)36)22(31-24(30-20)39-10)34(25(37)40-27(2,3)4)26(38)41-28(5,6)7/h11-14H,15-16H2,1-10H3,(H,32,35). The van der Waals surface area contributed by atoms with Gasteiger partial charge in [0.15, 0.2) is 5.82 Å². The van der Waals surface area contributed by atoms with Gasteiger partial charge in [0.25, 0.3) is 5.91 Å². The van der Waals surface area contributed by atoms with Crippen LogP contribution in [0.1, 0.15) is 83.9 Å². The van der Waals surface area contributed by atoms with Gasteiger partial charge in [0.05, 0.1) is 18.3 Å². The van der Waals surface area contributed by atoms with Crippen LogP contribution in [0, 0.1) is 0 Å². The summed E-state index contributed by atoms with van der Waals surface area (Å²) < 4.78 is 16.3. The van der Waals surface area contributed by atoms with E-state index in [1.54, 1.807) is 53.7 Å². The van der Waals surface area contributed by atoms with Gasteiger partial charge < -0.3 is 24.4 Å². The number of nitrogens with one attached hydrogen (secondary N) is 1. The fourth-order valence-electron chi connectivity index (χ4n) is 4.26. The minimum Gasteiger partial charge on any atom is -0.467 e. The molecule has 4 amide bonds. The van der Waals surface area contributed by atoms with Gasteiger partial charge in [-0.15, -0.1) is 0 Å². The zero-order chi connectivity index (χ0) is 30.9. The van der Waals surface area contributed by atoms with Gasteiger partial charge in [0.1, 0.15) is 16.8 Å². The van der Waals surface area contributed by atoms with E-state index in [4.69, 9.17) is 14.2 Å². The van der Waals surface area contributed by atoms with E-state index in [-0.39, 0.29) is 29.8 Å². The molecule has 0 fully saturated rings. The third kappa shape index (κ3) is 7.50. The number of aromatic nitrogens is 2. The van der Waals surface area contributed by atoms with E-state index in [2.05, 4.69) is 15.3 Å². The van der Waals surface area contributed by atoms with Crippen LogP contribution in [-0.4, -0.2) is 58.8 Å². The summed E-state index contributed by atoms with van der Waals surface area (Å²) >= 11 is 0. The van der Waals surface area contributed by atoms with Gasteiger partial charge >= 0.3 is 18.2 Å². The lowest BCUT2D eigenvalue weighted by Crippen LogP contribution is -2.47. The van der Waals surface area contributed by atoms with Crippen molar-refractivity contribution in [2.75, 3.05) is 23.5 Å². The summed E-state index contributed by atoms with van der Waals surface area (Å²) in [5.74, 6) is -0.979. The van der Waals surface area contributed by atoms with E-state index in [1.807, 2.05) is 26.0 Å². The van der Waals surface area contributed by atoms with Crippen LogP contribution < -0.4 is 19.9 Å². The molecule has 0 spiro atoms. The first kappa shape index (κ1) is 31.3. The molecule has 12 heteroatoms. The molecule has 0 atom stereocenters. The molecule has 12 nitrogen and oxygen atoms in total. The number of amides is 4. The molecule has 2 aromatic rings. The number of hydrogen-bond acceptors (Lipinski definition) is 9. The Morgan fingerprint density at radius 1 is 0.902 bits per heavy atom. The predicted molar refractivity (Wildman–Crippen MR) is 152 cm³/mol. The Morgan fingerprint density at radius 3 is 1.90 bits per heavy atom. The molecule has 0 aliphatic carbocycles. The Balaban J connectivity index is 2.11. The van der Waals surface area contributed by atoms with Gasteiger partial charge in [-0.3, -0.25) is 9.59 Å². The number of rotatable bonds is 5. The van der Waals surface area contributed by atoms with Crippen molar-refractivity contribution in [2.24, 2.45) is 0 Å². The predicted octanol–water partition coefficient (Wildman–Crippen LogP) is 4.74. The Bertz CT molecular complexity index is 1310. The topological polar surface area (TPSA) is 140 Å². The Kier molecular flexibility index (Phi) is 8.66. The van der Waals surface area contributed by atoms with E-state index in [9.17, 15) is 19.2 Å². The summed E-state index contributed by atoms with van der Waals surface area (Å²) in [4.78, 5) is 63.1. The molecule has 0 radical (unpaired) electrons. The molecule has 0 saturated heterocycles. The summed E-state index contributed by atoms with van der Waals surface area (Å²) in [6.45, 7) is 15.4. The highest BCUT2D eigenvalue weighted by Crippen LogP contribution is 2.33. The Hall–Kier alpha value is -4.22. The van der Waals surface area contributed by atoms with Crippen LogP contribution in [0.15, 0.2) is 24.3 Å². The van der Waals surface area contributed by atoms with Crippen molar-refractivity contribution in [3.05, 3.63) is 41.1 Å². The van der Waals surface area contributed by atoms with Gasteiger partial charge in [0.2, 0.25) is 5.91 Å². The van der Waals surface area contributed by atoms with Crippen molar-refractivity contribution < 1.29 is 33.4 Å². The van der Waals surface area contributed by atoms with Gasteiger partial charge in [0, 0.05) is 25.6 Å². The van der Waals surface area contributed by atoms with Crippen LogP contribution in [-0.2, 0) is 26.2 Å². The first-order valence-electron chi connectivity index (χ1n) is 13.2. The first-order chi connectivity index (χ1) is 18.8. The van der Waals surface area contributed by atoms with Crippen molar-refractivity contribution in [2.45, 2.75) is 85.5 Å². The van der Waals surface area contributed by atoms with Gasteiger partial charge in [-0.25, -0.2) is 9.59 Å². The van der Waals surface area contributed by atoms with Crippen molar-refractivity contribution in [1.82, 2.24) is 15.3 Å². The second kappa shape index (κ2) is 11.3. The molecular formula is C29H39N5O7. The largest absolute Gasteiger partial charge is 0.467 e. The maximum atomic E-state index is 14.0. The first-order valence-corrected chi connectivity index (χ1v) is 13.2. The number of anilines is 2. The molecule has 1 N–H and O–H groups in total. The molecular weight excluding hydrogens is 530 g/mol. The molecule has 1 aliphatic rings. The fraction of sp³-hybridized carbons (Fsp3) is 0.517. The van der Waals surface area contributed by atoms with Crippen LogP contribution in [0.5, 0.6) is 6.01 Å². The molecule has 41 heavy (non-hydrogen) atoms. The number of imide groups is 1. The minimum absolute atomic E-state index is 0.0450. The molecule has 1 aliphatic heterocycles. The highest BCUT2D eigenvalue weighted by Gasteiger charge is 2.40. The van der Waals surface area contributed by atoms with Crippen LogP contribution in [0.25, 0.3) is 0 Å². The second-order valence-electron chi connectivity index (χ2n) is 12.2. The summed E-state index contributed by atoms with van der Waals surface area (Å²) in [5, 5.41) is 2.90. The van der Waals surface area contributed by atoms with Crippen LogP contribution >= 0.6 is 0 Å². The van der Waals surface area contributed by atoms with Crippen LogP contribution in [0.4, 0.5) is 21.1 Å². The van der Waals surface area contributed by atoms with Crippen molar-refractivity contribution in [3.63, 3.8) is 0 Å². The molecule has 0 unspecified atom stereocenters. The van der Waals surface area contributed by atoms with Gasteiger partial charge in [-0.05, 0) is 73.1 Å². The lowest BCUT2D eigenvalue weighted by molar-refractivity contribution is -0.120. The summed E-state index contributed by atoms with van der Waals surface area (Å²) in [6.07, 6.45) is -1.84. The number of fused-ring (bicyclic) bond motifs is 1. The average molecular weight is 570 g/mol. The smallest absolute Gasteiger partial charge is 0.425 e. The van der Waals surface area contributed by atoms with E-state index < -0.39 is 34.8 Å². The summed E-state index contributed by atoms with van der Waals surface area (Å²) in [6, 6.07) is 7.07. The molecule has 3 rings (SSSR count). The average Bonchev–Trinajstić information content (AvgIpc) is 2.81. The van der Waals surface area contributed by atoms with E-state index in [0.717, 1.165) is 5.56 Å². The van der Waals surface area contributed by atoms with Crippen molar-refractivity contribution >= 4 is 35.5 Å². The van der Waals surface area contributed by atoms with Crippen LogP contribution in [0.2, 0.25) is 0 Å². The number of carbonyl (C=O) groups excluding carboxylic acids is 4. The highest BCUT2D eigenvalue weighted by atomic mass is 16.6. The molecule has 1 aromatic heterocycles. The molecule has 222 valence electrons. The minimum atomic E-state index is -1.07. The number of carbonyl (C=O) groups is 4. The summed E-state index contributed by atoms with van der Waals surface area (Å²) in [7, 11) is 1.34. The highest BCUT2D eigenvalue weighted by molar-refractivity contribution is 6.17. The SMILES string of the molecule is COc1nc2c(c(N(C(=O)OC(C)(C)C)C(=O)OC(C)(C)C)n1)C(=O)N(c1ccc(C(C)(C)NC(C)=O)cc1)CC2. The number of ether oxygens (including phenoxy) is 3. The van der Waals surface area contributed by atoms with Gasteiger partial charge in [-0.1, -0.05) is 12.1 Å². The molecule has 0 saturated carbocycles. The third-order valence-corrected chi connectivity index (χ3v) is 5.91. The number of hydrogen-bond donors (Lipinski definition) is 1. The molecule has 2 heterocycles. The normalized spacial score (nSPS) is 13.7. The van der Waals surface area contributed by atoms with E-state index in [1.165, 1.54) is 18.9 Å². The zero-order valence-electron chi connectivity index (χ0n) is 25.4. The maximum absolute atomic E-state index is 14.0. The zero-order valence-corrected chi connectivity index (χ0v) is 25.4. The van der Waals surface area contributed by atoms with E-state index in [0.29, 0.717) is 22.7 Å². The molecule has 1 aromatic carbocycles. The monoisotopic (exact) mass is 569 g/mol. The van der Waals surface area contributed by atoms with Crippen molar-refractivity contribution in [1.29, 1.82) is 0 Å². The Labute approximate surface area is 240 Å². The lowest BCUT2D eigenvalue weighted by atomic mass is 9.93. The number of methoxy groups -OCH3 is 1. The van der Waals surface area contributed by atoms with E-state index >= 15 is 0 Å². The second-order valence-corrected chi connectivity index (χ2v) is 12.2. The number of benzene rings is 1.